The number of H-pyrrole nitrogens is 1. The zero-order chi connectivity index (χ0) is 13.1. The second kappa shape index (κ2) is 5.42. The van der Waals surface area contributed by atoms with Gasteiger partial charge in [-0.15, -0.1) is 0 Å². The molecular formula is C17H16NP. The van der Waals surface area contributed by atoms with Crippen molar-refractivity contribution >= 4 is 30.2 Å². The summed E-state index contributed by atoms with van der Waals surface area (Å²) in [6.07, 6.45) is 1.08. The third-order valence-electron chi connectivity index (χ3n) is 3.22. The van der Waals surface area contributed by atoms with Gasteiger partial charge in [-0.05, 0) is 29.9 Å². The molecule has 3 aromatic rings. The highest BCUT2D eigenvalue weighted by atomic mass is 31.1. The predicted octanol–water partition coefficient (Wildman–Crippen LogP) is 4.15. The third-order valence-corrected chi connectivity index (χ3v) is 4.23. The standard InChI is InChI=1S/C17H16NP/c1-2-13-8-9-14-11-15(18-17(14)10-13)12-19-16-6-4-3-5-7-16/h3-12,18H,2H2,1H3. The molecule has 0 bridgehead atoms. The van der Waals surface area contributed by atoms with E-state index >= 15 is 0 Å². The Hall–Kier alpha value is -1.85. The summed E-state index contributed by atoms with van der Waals surface area (Å²) < 4.78 is 0. The molecule has 1 heterocycles. The molecule has 0 amide bonds. The van der Waals surface area contributed by atoms with Crippen molar-refractivity contribution in [2.24, 2.45) is 0 Å². The van der Waals surface area contributed by atoms with E-state index in [2.05, 4.69) is 66.2 Å². The Labute approximate surface area is 115 Å². The second-order valence-electron chi connectivity index (χ2n) is 4.59. The summed E-state index contributed by atoms with van der Waals surface area (Å²) in [5.41, 5.74) is 3.80. The van der Waals surface area contributed by atoms with Gasteiger partial charge in [0.15, 0.2) is 0 Å². The van der Waals surface area contributed by atoms with Gasteiger partial charge in [-0.3, -0.25) is 0 Å². The van der Waals surface area contributed by atoms with Crippen LogP contribution in [0.3, 0.4) is 0 Å². The van der Waals surface area contributed by atoms with Gasteiger partial charge in [0.25, 0.3) is 0 Å². The number of aryl methyl sites for hydroxylation is 1. The monoisotopic (exact) mass is 265 g/mol. The molecule has 0 aliphatic heterocycles. The summed E-state index contributed by atoms with van der Waals surface area (Å²) in [5, 5.41) is 2.60. The van der Waals surface area contributed by atoms with Crippen molar-refractivity contribution in [3.05, 3.63) is 65.9 Å². The van der Waals surface area contributed by atoms with Crippen LogP contribution in [0.15, 0.2) is 54.6 Å². The first-order chi connectivity index (χ1) is 9.35. The number of aromatic nitrogens is 1. The van der Waals surface area contributed by atoms with Crippen molar-refractivity contribution in [1.29, 1.82) is 0 Å². The molecule has 1 N–H and O–H groups in total. The van der Waals surface area contributed by atoms with Gasteiger partial charge in [-0.25, -0.2) is 0 Å². The molecule has 1 nitrogen and oxygen atoms in total. The molecular weight excluding hydrogens is 249 g/mol. The second-order valence-corrected chi connectivity index (χ2v) is 5.63. The topological polar surface area (TPSA) is 15.8 Å². The fourth-order valence-electron chi connectivity index (χ4n) is 2.14. The lowest BCUT2D eigenvalue weighted by molar-refractivity contribution is 1.14. The minimum absolute atomic E-state index is 1.08. The number of aromatic amines is 1. The van der Waals surface area contributed by atoms with Crippen molar-refractivity contribution in [3.63, 3.8) is 0 Å². The minimum Gasteiger partial charge on any atom is -0.355 e. The van der Waals surface area contributed by atoms with E-state index in [1.807, 2.05) is 6.07 Å². The van der Waals surface area contributed by atoms with Crippen LogP contribution in [0, 0.1) is 0 Å². The van der Waals surface area contributed by atoms with Gasteiger partial charge in [-0.1, -0.05) is 57.6 Å². The van der Waals surface area contributed by atoms with E-state index in [0.717, 1.165) is 6.42 Å². The molecule has 94 valence electrons. The van der Waals surface area contributed by atoms with Crippen LogP contribution in [0.5, 0.6) is 0 Å². The van der Waals surface area contributed by atoms with Gasteiger partial charge >= 0.3 is 0 Å². The quantitative estimate of drug-likeness (QED) is 0.685. The van der Waals surface area contributed by atoms with Crippen LogP contribution in [-0.4, -0.2) is 10.8 Å². The van der Waals surface area contributed by atoms with Crippen LogP contribution in [0.25, 0.3) is 10.9 Å². The van der Waals surface area contributed by atoms with Gasteiger partial charge in [0, 0.05) is 21.9 Å². The number of benzene rings is 2. The smallest absolute Gasteiger partial charge is 0.0461 e. The molecule has 0 unspecified atom stereocenters. The molecule has 0 saturated carbocycles. The van der Waals surface area contributed by atoms with Crippen LogP contribution in [-0.2, 0) is 6.42 Å². The molecule has 0 saturated heterocycles. The van der Waals surface area contributed by atoms with Crippen molar-refractivity contribution in [2.45, 2.75) is 13.3 Å². The van der Waals surface area contributed by atoms with E-state index in [1.165, 1.54) is 35.7 Å². The Morgan fingerprint density at radius 1 is 1.05 bits per heavy atom. The molecule has 0 spiro atoms. The first-order valence-corrected chi connectivity index (χ1v) is 7.52. The summed E-state index contributed by atoms with van der Waals surface area (Å²) in [7, 11) is 1.23. The average molecular weight is 265 g/mol. The molecule has 0 aliphatic rings. The number of fused-ring (bicyclic) bond motifs is 1. The van der Waals surface area contributed by atoms with E-state index in [9.17, 15) is 0 Å². The maximum atomic E-state index is 3.48. The highest BCUT2D eigenvalue weighted by molar-refractivity contribution is 7.47. The van der Waals surface area contributed by atoms with Crippen LogP contribution < -0.4 is 5.30 Å². The van der Waals surface area contributed by atoms with Crippen molar-refractivity contribution in [1.82, 2.24) is 4.98 Å². The van der Waals surface area contributed by atoms with E-state index in [4.69, 9.17) is 0 Å². The lowest BCUT2D eigenvalue weighted by Gasteiger charge is -1.95. The van der Waals surface area contributed by atoms with Gasteiger partial charge in [0.2, 0.25) is 0 Å². The lowest BCUT2D eigenvalue weighted by atomic mass is 10.1. The predicted molar refractivity (Wildman–Crippen MR) is 85.8 cm³/mol. The van der Waals surface area contributed by atoms with Crippen LogP contribution in [0.4, 0.5) is 0 Å². The molecule has 0 aliphatic carbocycles. The minimum atomic E-state index is 1.08. The van der Waals surface area contributed by atoms with Crippen molar-refractivity contribution < 1.29 is 0 Å². The fraction of sp³-hybridized carbons (Fsp3) is 0.118. The van der Waals surface area contributed by atoms with E-state index in [0.29, 0.717) is 0 Å². The van der Waals surface area contributed by atoms with Gasteiger partial charge in [0.05, 0.1) is 0 Å². The third kappa shape index (κ3) is 2.77. The number of hydrogen-bond donors (Lipinski definition) is 1. The van der Waals surface area contributed by atoms with Crippen molar-refractivity contribution in [2.75, 3.05) is 0 Å². The maximum absolute atomic E-state index is 3.48. The van der Waals surface area contributed by atoms with Gasteiger partial charge < -0.3 is 4.98 Å². The fourth-order valence-corrected chi connectivity index (χ4v) is 2.92. The Morgan fingerprint density at radius 3 is 2.68 bits per heavy atom. The zero-order valence-corrected chi connectivity index (χ0v) is 11.8. The normalized spacial score (nSPS) is 11.4. The number of nitrogens with one attached hydrogen (secondary N) is 1. The molecule has 19 heavy (non-hydrogen) atoms. The Balaban J connectivity index is 1.91. The molecule has 2 aromatic carbocycles. The van der Waals surface area contributed by atoms with E-state index < -0.39 is 0 Å². The highest BCUT2D eigenvalue weighted by Gasteiger charge is 1.99. The molecule has 0 atom stereocenters. The molecule has 1 aromatic heterocycles. The SMILES string of the molecule is CCc1ccc2cc(C=Pc3ccccc3)[nH]c2c1. The molecule has 0 radical (unpaired) electrons. The lowest BCUT2D eigenvalue weighted by Crippen LogP contribution is -1.88. The van der Waals surface area contributed by atoms with Crippen LogP contribution >= 0.6 is 8.20 Å². The summed E-state index contributed by atoms with van der Waals surface area (Å²) in [4.78, 5) is 3.48. The van der Waals surface area contributed by atoms with E-state index in [-0.39, 0.29) is 0 Å². The Bertz CT molecular complexity index is 710. The Kier molecular flexibility index (Phi) is 3.48. The van der Waals surface area contributed by atoms with Crippen LogP contribution in [0.1, 0.15) is 18.2 Å². The van der Waals surface area contributed by atoms with Crippen molar-refractivity contribution in [3.8, 4) is 0 Å². The highest BCUT2D eigenvalue weighted by Crippen LogP contribution is 2.17. The first-order valence-electron chi connectivity index (χ1n) is 6.56. The molecule has 0 fully saturated rings. The largest absolute Gasteiger partial charge is 0.355 e. The van der Waals surface area contributed by atoms with Gasteiger partial charge in [0.1, 0.15) is 0 Å². The maximum Gasteiger partial charge on any atom is 0.0461 e. The molecule has 3 rings (SSSR count). The average Bonchev–Trinajstić information content (AvgIpc) is 2.88. The summed E-state index contributed by atoms with van der Waals surface area (Å²) in [5.74, 6) is 2.22. The zero-order valence-electron chi connectivity index (χ0n) is 10.9. The summed E-state index contributed by atoms with van der Waals surface area (Å²) in [6.45, 7) is 2.19. The molecule has 2 heteroatoms. The van der Waals surface area contributed by atoms with Crippen LogP contribution in [0.2, 0.25) is 0 Å². The van der Waals surface area contributed by atoms with Gasteiger partial charge in [-0.2, -0.15) is 0 Å². The first kappa shape index (κ1) is 12.2. The Morgan fingerprint density at radius 2 is 1.89 bits per heavy atom. The number of rotatable bonds is 3. The van der Waals surface area contributed by atoms with E-state index in [1.54, 1.807) is 0 Å². The summed E-state index contributed by atoms with van der Waals surface area (Å²) >= 11 is 0. The number of hydrogen-bond acceptors (Lipinski definition) is 0. The summed E-state index contributed by atoms with van der Waals surface area (Å²) in [6, 6.07) is 19.4.